The quantitative estimate of drug-likeness (QED) is 0.624. The van der Waals surface area contributed by atoms with Crippen molar-refractivity contribution >= 4 is 18.1 Å². The number of benzene rings is 2. The molecule has 3 amide bonds. The number of cyclic esters (lactones) is 1. The number of fused-ring (bicyclic) bond motifs is 1. The maximum atomic E-state index is 13.7. The van der Waals surface area contributed by atoms with Gasteiger partial charge in [-0.1, -0.05) is 60.7 Å². The Balaban J connectivity index is 1.35. The molecule has 37 heavy (non-hydrogen) atoms. The summed E-state index contributed by atoms with van der Waals surface area (Å²) in [7, 11) is 0. The summed E-state index contributed by atoms with van der Waals surface area (Å²) in [6.07, 6.45) is 0.515. The zero-order valence-electron chi connectivity index (χ0n) is 21.8. The van der Waals surface area contributed by atoms with Crippen molar-refractivity contribution in [2.45, 2.75) is 50.9 Å². The number of likely N-dealkylation sites (tertiary alicyclic amines) is 1. The van der Waals surface area contributed by atoms with Crippen LogP contribution < -0.4 is 0 Å². The molecule has 2 aromatic rings. The number of carbonyl (C=O) groups excluding carboxylic acids is 3. The minimum Gasteiger partial charge on any atom is -0.444 e. The van der Waals surface area contributed by atoms with Gasteiger partial charge in [-0.2, -0.15) is 0 Å². The normalized spacial score (nSPS) is 21.9. The van der Waals surface area contributed by atoms with E-state index < -0.39 is 11.2 Å². The van der Waals surface area contributed by atoms with E-state index in [9.17, 15) is 14.4 Å². The van der Waals surface area contributed by atoms with Crippen molar-refractivity contribution in [3.63, 3.8) is 0 Å². The van der Waals surface area contributed by atoms with Gasteiger partial charge >= 0.3 is 12.2 Å². The summed E-state index contributed by atoms with van der Waals surface area (Å²) >= 11 is 0. The molecule has 3 aliphatic rings. The zero-order chi connectivity index (χ0) is 26.2. The van der Waals surface area contributed by atoms with Crippen LogP contribution in [-0.2, 0) is 19.9 Å². The second-order valence-corrected chi connectivity index (χ2v) is 11.1. The van der Waals surface area contributed by atoms with Crippen LogP contribution in [-0.4, -0.2) is 77.2 Å². The number of nitrogens with zero attached hydrogens (tertiary/aromatic N) is 3. The van der Waals surface area contributed by atoms with Crippen molar-refractivity contribution in [1.82, 2.24) is 14.7 Å². The predicted molar refractivity (Wildman–Crippen MR) is 138 cm³/mol. The fraction of sp³-hybridized carbons (Fsp3) is 0.483. The summed E-state index contributed by atoms with van der Waals surface area (Å²) in [5.74, 6) is -0.0797. The van der Waals surface area contributed by atoms with Crippen LogP contribution in [0.1, 0.15) is 44.7 Å². The lowest BCUT2D eigenvalue weighted by Crippen LogP contribution is -2.59. The minimum atomic E-state index is -1.00. The summed E-state index contributed by atoms with van der Waals surface area (Å²) < 4.78 is 11.7. The average molecular weight is 506 g/mol. The van der Waals surface area contributed by atoms with Gasteiger partial charge in [0.25, 0.3) is 0 Å². The molecule has 0 aliphatic carbocycles. The Kier molecular flexibility index (Phi) is 6.60. The highest BCUT2D eigenvalue weighted by molar-refractivity contribution is 5.81. The van der Waals surface area contributed by atoms with Gasteiger partial charge in [0.15, 0.2) is 5.60 Å². The van der Waals surface area contributed by atoms with Gasteiger partial charge in [0.2, 0.25) is 5.91 Å². The molecule has 0 aromatic heterocycles. The van der Waals surface area contributed by atoms with E-state index in [0.717, 1.165) is 11.1 Å². The Morgan fingerprint density at radius 3 is 1.97 bits per heavy atom. The van der Waals surface area contributed by atoms with Crippen LogP contribution in [0.3, 0.4) is 0 Å². The van der Waals surface area contributed by atoms with Gasteiger partial charge in [-0.15, -0.1) is 0 Å². The van der Waals surface area contributed by atoms with Gasteiger partial charge in [-0.3, -0.25) is 9.69 Å². The van der Waals surface area contributed by atoms with Crippen molar-refractivity contribution in [1.29, 1.82) is 0 Å². The molecule has 3 heterocycles. The highest BCUT2D eigenvalue weighted by atomic mass is 16.6. The third-order valence-electron chi connectivity index (χ3n) is 7.55. The monoisotopic (exact) mass is 505 g/mol. The smallest absolute Gasteiger partial charge is 0.411 e. The van der Waals surface area contributed by atoms with E-state index >= 15 is 0 Å². The maximum absolute atomic E-state index is 13.7. The third-order valence-corrected chi connectivity index (χ3v) is 7.55. The molecule has 0 bridgehead atoms. The van der Waals surface area contributed by atoms with Crippen LogP contribution in [0.5, 0.6) is 0 Å². The highest BCUT2D eigenvalue weighted by Crippen LogP contribution is 2.46. The minimum absolute atomic E-state index is 0.0814. The highest BCUT2D eigenvalue weighted by Gasteiger charge is 2.58. The summed E-state index contributed by atoms with van der Waals surface area (Å²) in [6.45, 7) is 7.82. The number of hydrogen-bond donors (Lipinski definition) is 0. The first-order valence-corrected chi connectivity index (χ1v) is 13.1. The molecule has 0 N–H and O–H groups in total. The van der Waals surface area contributed by atoms with E-state index in [2.05, 4.69) is 0 Å². The molecular formula is C29H35N3O5. The van der Waals surface area contributed by atoms with E-state index in [1.165, 1.54) is 0 Å². The predicted octanol–water partition coefficient (Wildman–Crippen LogP) is 4.24. The molecule has 3 saturated heterocycles. The molecule has 0 spiro atoms. The summed E-state index contributed by atoms with van der Waals surface area (Å²) in [6, 6.07) is 19.3. The third kappa shape index (κ3) is 4.77. The van der Waals surface area contributed by atoms with Crippen LogP contribution in [0.15, 0.2) is 60.7 Å². The van der Waals surface area contributed by atoms with E-state index in [4.69, 9.17) is 9.47 Å². The summed E-state index contributed by atoms with van der Waals surface area (Å²) in [4.78, 5) is 44.5. The van der Waals surface area contributed by atoms with Crippen LogP contribution >= 0.6 is 0 Å². The first-order valence-electron chi connectivity index (χ1n) is 13.1. The van der Waals surface area contributed by atoms with E-state index in [0.29, 0.717) is 45.6 Å². The van der Waals surface area contributed by atoms with Gasteiger partial charge in [-0.05, 0) is 33.6 Å². The molecule has 8 heteroatoms. The standard InChI is InChI=1S/C29H35N3O5/c1-28(2,3)36-26(34)30-16-14-21(15-17-30)25(33)31-18-19-32-24(20-31)29(37-27(32)35,22-10-6-4-7-11-22)23-12-8-5-9-13-23/h4-13,21,24H,14-20H2,1-3H3. The van der Waals surface area contributed by atoms with Crippen LogP contribution in [0.4, 0.5) is 9.59 Å². The lowest BCUT2D eigenvalue weighted by molar-refractivity contribution is -0.140. The first kappa shape index (κ1) is 25.1. The van der Waals surface area contributed by atoms with E-state index in [-0.39, 0.29) is 30.1 Å². The van der Waals surface area contributed by atoms with Crippen LogP contribution in [0.25, 0.3) is 0 Å². The molecule has 1 unspecified atom stereocenters. The second kappa shape index (κ2) is 9.72. The molecule has 5 rings (SSSR count). The summed E-state index contributed by atoms with van der Waals surface area (Å²) in [5.41, 5.74) is 0.233. The number of rotatable bonds is 3. The molecule has 2 aromatic carbocycles. The lowest BCUT2D eigenvalue weighted by Gasteiger charge is -2.43. The molecule has 3 fully saturated rings. The van der Waals surface area contributed by atoms with Gasteiger partial charge in [0.1, 0.15) is 11.6 Å². The van der Waals surface area contributed by atoms with Crippen molar-refractivity contribution < 1.29 is 23.9 Å². The molecule has 8 nitrogen and oxygen atoms in total. The lowest BCUT2D eigenvalue weighted by atomic mass is 9.79. The Morgan fingerprint density at radius 2 is 1.43 bits per heavy atom. The Labute approximate surface area is 218 Å². The van der Waals surface area contributed by atoms with Gasteiger partial charge in [0.05, 0.1) is 0 Å². The number of amides is 3. The van der Waals surface area contributed by atoms with Crippen LogP contribution in [0, 0.1) is 5.92 Å². The average Bonchev–Trinajstić information content (AvgIpc) is 3.21. The Hall–Kier alpha value is -3.55. The second-order valence-electron chi connectivity index (χ2n) is 11.1. The molecule has 3 aliphatic heterocycles. The van der Waals surface area contributed by atoms with Crippen molar-refractivity contribution in [3.8, 4) is 0 Å². The number of carbonyl (C=O) groups is 3. The fourth-order valence-corrected chi connectivity index (χ4v) is 5.75. The maximum Gasteiger partial charge on any atom is 0.411 e. The number of piperazine rings is 1. The van der Waals surface area contributed by atoms with E-state index in [1.807, 2.05) is 86.3 Å². The van der Waals surface area contributed by atoms with Crippen molar-refractivity contribution in [2.75, 3.05) is 32.7 Å². The fourth-order valence-electron chi connectivity index (χ4n) is 5.75. The van der Waals surface area contributed by atoms with Gasteiger partial charge < -0.3 is 19.3 Å². The van der Waals surface area contributed by atoms with Gasteiger partial charge in [-0.25, -0.2) is 9.59 Å². The SMILES string of the molecule is CC(C)(C)OC(=O)N1CCC(C(=O)N2CCN3C(=O)OC(c4ccccc4)(c4ccccc4)C3C2)CC1. The Morgan fingerprint density at radius 1 is 0.865 bits per heavy atom. The van der Waals surface area contributed by atoms with Gasteiger partial charge in [0, 0.05) is 49.8 Å². The van der Waals surface area contributed by atoms with Crippen LogP contribution in [0.2, 0.25) is 0 Å². The molecule has 0 radical (unpaired) electrons. The van der Waals surface area contributed by atoms with Crippen molar-refractivity contribution in [2.24, 2.45) is 5.92 Å². The zero-order valence-corrected chi connectivity index (χ0v) is 21.8. The molecule has 196 valence electrons. The topological polar surface area (TPSA) is 79.4 Å². The number of ether oxygens (including phenoxy) is 2. The largest absolute Gasteiger partial charge is 0.444 e. The Bertz CT molecular complexity index is 1100. The summed E-state index contributed by atoms with van der Waals surface area (Å²) in [5, 5.41) is 0. The molecule has 0 saturated carbocycles. The first-order chi connectivity index (χ1) is 17.7. The number of piperidine rings is 1. The van der Waals surface area contributed by atoms with Crippen molar-refractivity contribution in [3.05, 3.63) is 71.8 Å². The molecular weight excluding hydrogens is 470 g/mol. The van der Waals surface area contributed by atoms with E-state index in [1.54, 1.807) is 9.80 Å². The number of hydrogen-bond acceptors (Lipinski definition) is 5. The molecule has 1 atom stereocenters.